The Kier molecular flexibility index (Phi) is 4.89. The van der Waals surface area contributed by atoms with Crippen molar-refractivity contribution < 1.29 is 19.0 Å². The summed E-state index contributed by atoms with van der Waals surface area (Å²) in [5, 5.41) is 0. The van der Waals surface area contributed by atoms with Crippen LogP contribution in [0.1, 0.15) is 31.0 Å². The maximum atomic E-state index is 13.5. The molecule has 0 fully saturated rings. The second-order valence-electron chi connectivity index (χ2n) is 7.82. The topological polar surface area (TPSA) is 79.1 Å². The Bertz CT molecular complexity index is 1370. The Morgan fingerprint density at radius 2 is 2.00 bits per heavy atom. The predicted molar refractivity (Wildman–Crippen MR) is 120 cm³/mol. The molecule has 5 rings (SSSR count). The fourth-order valence-corrected chi connectivity index (χ4v) is 5.49. The summed E-state index contributed by atoms with van der Waals surface area (Å²) in [6.45, 7) is 3.77. The van der Waals surface area contributed by atoms with Crippen LogP contribution in [0.5, 0.6) is 11.5 Å². The van der Waals surface area contributed by atoms with E-state index in [2.05, 4.69) is 0 Å². The first kappa shape index (κ1) is 20.5. The Balaban J connectivity index is 1.73. The molecule has 7 nitrogen and oxygen atoms in total. The van der Waals surface area contributed by atoms with Crippen LogP contribution in [0, 0.1) is 5.92 Å². The van der Waals surface area contributed by atoms with Crippen molar-refractivity contribution in [2.24, 2.45) is 10.9 Å². The molecule has 0 amide bonds. The molecule has 3 aromatic rings. The minimum atomic E-state index is -1.17. The number of benzene rings is 2. The zero-order valence-corrected chi connectivity index (χ0v) is 18.7. The maximum absolute atomic E-state index is 13.5. The summed E-state index contributed by atoms with van der Waals surface area (Å²) in [4.78, 5) is 31.8. The van der Waals surface area contributed by atoms with Crippen LogP contribution in [0.2, 0.25) is 0 Å². The minimum absolute atomic E-state index is 0.192. The quantitative estimate of drug-likeness (QED) is 0.570. The Morgan fingerprint density at radius 1 is 1.25 bits per heavy atom. The third kappa shape index (κ3) is 3.14. The number of hydrogen-bond donors (Lipinski definition) is 0. The van der Waals surface area contributed by atoms with Crippen LogP contribution in [0.25, 0.3) is 6.08 Å². The van der Waals surface area contributed by atoms with Gasteiger partial charge in [-0.25, -0.2) is 4.99 Å². The summed E-state index contributed by atoms with van der Waals surface area (Å²) in [6.07, 6.45) is 1.83. The van der Waals surface area contributed by atoms with Crippen LogP contribution in [0.4, 0.5) is 0 Å². The van der Waals surface area contributed by atoms with Gasteiger partial charge in [0.2, 0.25) is 5.72 Å². The normalized spacial score (nSPS) is 23.4. The van der Waals surface area contributed by atoms with Crippen molar-refractivity contribution >= 4 is 23.4 Å². The first-order chi connectivity index (χ1) is 15.4. The van der Waals surface area contributed by atoms with Crippen molar-refractivity contribution in [1.29, 1.82) is 0 Å². The number of nitrogens with zero attached hydrogens (tertiary/aromatic N) is 2. The van der Waals surface area contributed by atoms with Crippen LogP contribution >= 0.6 is 11.3 Å². The van der Waals surface area contributed by atoms with Crippen LogP contribution in [0.3, 0.4) is 0 Å². The van der Waals surface area contributed by atoms with Gasteiger partial charge in [-0.3, -0.25) is 14.2 Å². The SMILES string of the molecule is CCOC(=O)C1C2c3ccccc3OC1(C)N=c1s/c(=C\c3ccc(OC)cc3)c(=O)n12. The zero-order valence-electron chi connectivity index (χ0n) is 17.9. The molecule has 2 aliphatic heterocycles. The third-order valence-corrected chi connectivity index (χ3v) is 6.82. The van der Waals surface area contributed by atoms with Gasteiger partial charge < -0.3 is 14.2 Å². The van der Waals surface area contributed by atoms with Gasteiger partial charge in [0.1, 0.15) is 17.4 Å². The summed E-state index contributed by atoms with van der Waals surface area (Å²) < 4.78 is 18.9. The number of para-hydroxylation sites is 1. The summed E-state index contributed by atoms with van der Waals surface area (Å²) in [5.74, 6) is 0.162. The molecule has 0 N–H and O–H groups in total. The molecule has 2 aromatic carbocycles. The van der Waals surface area contributed by atoms with Crippen molar-refractivity contribution in [3.8, 4) is 11.5 Å². The molecule has 164 valence electrons. The molecular weight excluding hydrogens is 428 g/mol. The Labute approximate surface area is 188 Å². The first-order valence-corrected chi connectivity index (χ1v) is 11.2. The van der Waals surface area contributed by atoms with E-state index in [0.29, 0.717) is 15.1 Å². The van der Waals surface area contributed by atoms with E-state index in [9.17, 15) is 9.59 Å². The number of hydrogen-bond acceptors (Lipinski definition) is 7. The van der Waals surface area contributed by atoms with Gasteiger partial charge in [-0.05, 0) is 43.7 Å². The van der Waals surface area contributed by atoms with E-state index in [4.69, 9.17) is 19.2 Å². The molecule has 3 heterocycles. The highest BCUT2D eigenvalue weighted by molar-refractivity contribution is 7.07. The van der Waals surface area contributed by atoms with E-state index in [1.807, 2.05) is 54.6 Å². The fraction of sp³-hybridized carbons (Fsp3) is 0.292. The van der Waals surface area contributed by atoms with E-state index in [-0.39, 0.29) is 12.2 Å². The number of carbonyl (C=O) groups excluding carboxylic acids is 1. The highest BCUT2D eigenvalue weighted by atomic mass is 32.1. The Morgan fingerprint density at radius 3 is 2.72 bits per heavy atom. The van der Waals surface area contributed by atoms with Gasteiger partial charge in [0, 0.05) is 5.56 Å². The molecule has 2 bridgehead atoms. The summed E-state index contributed by atoms with van der Waals surface area (Å²) in [6, 6.07) is 14.4. The number of rotatable bonds is 4. The second-order valence-corrected chi connectivity index (χ2v) is 8.83. The van der Waals surface area contributed by atoms with Gasteiger partial charge in [0.05, 0.1) is 24.3 Å². The lowest BCUT2D eigenvalue weighted by Crippen LogP contribution is -2.58. The number of ether oxygens (including phenoxy) is 3. The smallest absolute Gasteiger partial charge is 0.317 e. The van der Waals surface area contributed by atoms with Crippen LogP contribution in [-0.4, -0.2) is 30.0 Å². The molecule has 0 saturated carbocycles. The summed E-state index contributed by atoms with van der Waals surface area (Å²) in [7, 11) is 1.61. The van der Waals surface area contributed by atoms with Crippen LogP contribution < -0.4 is 24.4 Å². The monoisotopic (exact) mass is 450 g/mol. The van der Waals surface area contributed by atoms with Gasteiger partial charge in [0.25, 0.3) is 5.56 Å². The van der Waals surface area contributed by atoms with Gasteiger partial charge >= 0.3 is 5.97 Å². The molecule has 0 radical (unpaired) electrons. The van der Waals surface area contributed by atoms with Gasteiger partial charge in [-0.1, -0.05) is 41.7 Å². The van der Waals surface area contributed by atoms with E-state index < -0.39 is 23.7 Å². The lowest BCUT2D eigenvalue weighted by molar-refractivity contribution is -0.160. The standard InChI is InChI=1S/C24H22N2O5S/c1-4-30-22(28)19-20-16-7-5-6-8-17(16)31-24(19,2)25-23-26(20)21(27)18(32-23)13-14-9-11-15(29-3)12-10-14/h5-13,19-20H,4H2,1-3H3/b18-13-. The van der Waals surface area contributed by atoms with E-state index in [1.165, 1.54) is 11.3 Å². The summed E-state index contributed by atoms with van der Waals surface area (Å²) >= 11 is 1.29. The number of fused-ring (bicyclic) bond motifs is 6. The molecule has 0 spiro atoms. The van der Waals surface area contributed by atoms with E-state index >= 15 is 0 Å². The van der Waals surface area contributed by atoms with Crippen molar-refractivity contribution in [2.75, 3.05) is 13.7 Å². The number of aromatic nitrogens is 1. The lowest BCUT2D eigenvalue weighted by Gasteiger charge is -2.44. The highest BCUT2D eigenvalue weighted by Gasteiger charge is 2.55. The largest absolute Gasteiger partial charge is 0.497 e. The van der Waals surface area contributed by atoms with Crippen molar-refractivity contribution in [1.82, 2.24) is 4.57 Å². The van der Waals surface area contributed by atoms with Crippen molar-refractivity contribution in [2.45, 2.75) is 25.6 Å². The molecule has 3 unspecified atom stereocenters. The average molecular weight is 451 g/mol. The van der Waals surface area contributed by atoms with Crippen LogP contribution in [-0.2, 0) is 9.53 Å². The highest BCUT2D eigenvalue weighted by Crippen LogP contribution is 2.47. The fourth-order valence-electron chi connectivity index (χ4n) is 4.39. The number of carbonyl (C=O) groups is 1. The average Bonchev–Trinajstić information content (AvgIpc) is 3.07. The summed E-state index contributed by atoms with van der Waals surface area (Å²) in [5.41, 5.74) is 0.285. The lowest BCUT2D eigenvalue weighted by atomic mass is 9.81. The molecule has 1 aromatic heterocycles. The Hall–Kier alpha value is -3.39. The second kappa shape index (κ2) is 7.63. The predicted octanol–water partition coefficient (Wildman–Crippen LogP) is 2.26. The van der Waals surface area contributed by atoms with E-state index in [1.54, 1.807) is 25.5 Å². The van der Waals surface area contributed by atoms with Gasteiger partial charge in [-0.15, -0.1) is 0 Å². The van der Waals surface area contributed by atoms with Gasteiger partial charge in [0.15, 0.2) is 4.80 Å². The number of methoxy groups -OCH3 is 1. The van der Waals surface area contributed by atoms with Crippen molar-refractivity contribution in [3.63, 3.8) is 0 Å². The van der Waals surface area contributed by atoms with Crippen LogP contribution in [0.15, 0.2) is 58.3 Å². The molecule has 3 atom stereocenters. The number of thiazole rings is 1. The van der Waals surface area contributed by atoms with E-state index in [0.717, 1.165) is 16.9 Å². The first-order valence-electron chi connectivity index (χ1n) is 10.4. The van der Waals surface area contributed by atoms with Crippen molar-refractivity contribution in [3.05, 3.63) is 79.3 Å². The molecule has 8 heteroatoms. The number of esters is 1. The molecule has 0 aliphatic carbocycles. The third-order valence-electron chi connectivity index (χ3n) is 5.83. The molecule has 0 saturated heterocycles. The van der Waals surface area contributed by atoms with Gasteiger partial charge in [-0.2, -0.15) is 0 Å². The molecule has 32 heavy (non-hydrogen) atoms. The molecular formula is C24H22N2O5S. The maximum Gasteiger partial charge on any atom is 0.317 e. The minimum Gasteiger partial charge on any atom is -0.497 e. The zero-order chi connectivity index (χ0) is 22.5. The molecule has 2 aliphatic rings.